The standard InChI is InChI=1S/C13H21NO2/c1-10(2)15-14(16-11(3)4)13-9-7-6-8-12(13)5/h6-11H,1-5H3. The van der Waals surface area contributed by atoms with Crippen molar-refractivity contribution in [3.63, 3.8) is 0 Å². The molecule has 0 saturated carbocycles. The molecule has 0 unspecified atom stereocenters. The largest absolute Gasteiger partial charge is 0.246 e. The van der Waals surface area contributed by atoms with Crippen LogP contribution in [0.3, 0.4) is 0 Å². The molecule has 0 amide bonds. The summed E-state index contributed by atoms with van der Waals surface area (Å²) in [5, 5.41) is 1.52. The lowest BCUT2D eigenvalue weighted by atomic mass is 10.2. The van der Waals surface area contributed by atoms with Gasteiger partial charge in [0.2, 0.25) is 0 Å². The molecule has 0 atom stereocenters. The zero-order valence-electron chi connectivity index (χ0n) is 10.7. The van der Waals surface area contributed by atoms with Crippen molar-refractivity contribution in [3.8, 4) is 0 Å². The summed E-state index contributed by atoms with van der Waals surface area (Å²) in [7, 11) is 0. The summed E-state index contributed by atoms with van der Waals surface area (Å²) in [6, 6.07) is 8.00. The lowest BCUT2D eigenvalue weighted by Crippen LogP contribution is -2.30. The summed E-state index contributed by atoms with van der Waals surface area (Å²) >= 11 is 0. The maximum absolute atomic E-state index is 5.64. The molecule has 3 heteroatoms. The number of aryl methyl sites for hydroxylation is 1. The molecule has 1 aromatic carbocycles. The minimum absolute atomic E-state index is 0.0818. The fourth-order valence-corrected chi connectivity index (χ4v) is 1.29. The quantitative estimate of drug-likeness (QED) is 0.713. The van der Waals surface area contributed by atoms with Crippen LogP contribution in [-0.4, -0.2) is 12.2 Å². The lowest BCUT2D eigenvalue weighted by Gasteiger charge is -2.27. The van der Waals surface area contributed by atoms with Crippen LogP contribution in [0, 0.1) is 6.92 Å². The van der Waals surface area contributed by atoms with E-state index in [0.29, 0.717) is 0 Å². The predicted molar refractivity (Wildman–Crippen MR) is 66.1 cm³/mol. The van der Waals surface area contributed by atoms with E-state index in [1.807, 2.05) is 58.9 Å². The Morgan fingerprint density at radius 1 is 0.938 bits per heavy atom. The number of benzene rings is 1. The number of anilines is 1. The minimum atomic E-state index is 0.0818. The Balaban J connectivity index is 2.87. The Labute approximate surface area is 97.9 Å². The fraction of sp³-hybridized carbons (Fsp3) is 0.538. The highest BCUT2D eigenvalue weighted by Crippen LogP contribution is 2.21. The average Bonchev–Trinajstić information content (AvgIpc) is 2.15. The second-order valence-electron chi connectivity index (χ2n) is 4.35. The van der Waals surface area contributed by atoms with E-state index in [2.05, 4.69) is 0 Å². The third-order valence-electron chi connectivity index (χ3n) is 1.93. The van der Waals surface area contributed by atoms with Crippen molar-refractivity contribution in [1.82, 2.24) is 0 Å². The molecule has 0 aliphatic carbocycles. The summed E-state index contributed by atoms with van der Waals surface area (Å²) in [6.07, 6.45) is 0.164. The molecule has 0 radical (unpaired) electrons. The van der Waals surface area contributed by atoms with Gasteiger partial charge in [-0.3, -0.25) is 0 Å². The predicted octanol–water partition coefficient (Wildman–Crippen LogP) is 3.48. The van der Waals surface area contributed by atoms with Crippen LogP contribution in [0.1, 0.15) is 33.3 Å². The first kappa shape index (κ1) is 13.0. The van der Waals surface area contributed by atoms with Gasteiger partial charge in [0.1, 0.15) is 0 Å². The van der Waals surface area contributed by atoms with E-state index in [1.165, 1.54) is 5.23 Å². The van der Waals surface area contributed by atoms with Gasteiger partial charge in [0.25, 0.3) is 0 Å². The van der Waals surface area contributed by atoms with Gasteiger partial charge in [0.15, 0.2) is 0 Å². The molecule has 0 bridgehead atoms. The fourth-order valence-electron chi connectivity index (χ4n) is 1.29. The number of rotatable bonds is 5. The van der Waals surface area contributed by atoms with Crippen molar-refractivity contribution in [2.24, 2.45) is 0 Å². The molecule has 1 aromatic rings. The summed E-state index contributed by atoms with van der Waals surface area (Å²) in [4.78, 5) is 11.3. The zero-order valence-corrected chi connectivity index (χ0v) is 10.7. The van der Waals surface area contributed by atoms with Crippen LogP contribution in [-0.2, 0) is 9.68 Å². The highest BCUT2D eigenvalue weighted by molar-refractivity contribution is 5.49. The molecule has 0 aliphatic heterocycles. The van der Waals surface area contributed by atoms with Gasteiger partial charge in [-0.1, -0.05) is 18.2 Å². The SMILES string of the molecule is Cc1ccccc1N(OC(C)C)OC(C)C. The molecule has 1 rings (SSSR count). The van der Waals surface area contributed by atoms with Gasteiger partial charge in [0, 0.05) is 0 Å². The summed E-state index contributed by atoms with van der Waals surface area (Å²) in [6.45, 7) is 9.96. The third-order valence-corrected chi connectivity index (χ3v) is 1.93. The van der Waals surface area contributed by atoms with E-state index in [-0.39, 0.29) is 12.2 Å². The number of nitrogens with zero attached hydrogens (tertiary/aromatic N) is 1. The first-order chi connectivity index (χ1) is 7.50. The summed E-state index contributed by atoms with van der Waals surface area (Å²) in [5.74, 6) is 0. The van der Waals surface area contributed by atoms with E-state index in [4.69, 9.17) is 9.68 Å². The summed E-state index contributed by atoms with van der Waals surface area (Å²) in [5.41, 5.74) is 2.08. The summed E-state index contributed by atoms with van der Waals surface area (Å²) < 4.78 is 0. The Morgan fingerprint density at radius 2 is 1.44 bits per heavy atom. The van der Waals surface area contributed by atoms with Gasteiger partial charge >= 0.3 is 0 Å². The normalized spacial score (nSPS) is 11.2. The Kier molecular flexibility index (Phi) is 4.77. The molecule has 0 saturated heterocycles. The molecule has 0 N–H and O–H groups in total. The maximum Gasteiger partial charge on any atom is 0.0976 e. The first-order valence-electron chi connectivity index (χ1n) is 5.70. The van der Waals surface area contributed by atoms with Gasteiger partial charge in [-0.15, -0.1) is 5.23 Å². The van der Waals surface area contributed by atoms with Crippen molar-refractivity contribution >= 4 is 5.69 Å². The number of hydrogen-bond donors (Lipinski definition) is 0. The smallest absolute Gasteiger partial charge is 0.0976 e. The Hall–Kier alpha value is -1.06. The van der Waals surface area contributed by atoms with Crippen LogP contribution < -0.4 is 5.23 Å². The lowest BCUT2D eigenvalue weighted by molar-refractivity contribution is -0.133. The van der Waals surface area contributed by atoms with Gasteiger partial charge in [0.05, 0.1) is 17.9 Å². The molecule has 3 nitrogen and oxygen atoms in total. The van der Waals surface area contributed by atoms with Crippen LogP contribution in [0.5, 0.6) is 0 Å². The average molecular weight is 223 g/mol. The van der Waals surface area contributed by atoms with Crippen LogP contribution in [0.4, 0.5) is 5.69 Å². The first-order valence-corrected chi connectivity index (χ1v) is 5.70. The van der Waals surface area contributed by atoms with E-state index in [0.717, 1.165) is 11.3 Å². The van der Waals surface area contributed by atoms with E-state index >= 15 is 0 Å². The van der Waals surface area contributed by atoms with Crippen molar-refractivity contribution in [2.75, 3.05) is 5.23 Å². The van der Waals surface area contributed by atoms with Crippen LogP contribution in [0.2, 0.25) is 0 Å². The van der Waals surface area contributed by atoms with Gasteiger partial charge in [-0.2, -0.15) is 0 Å². The maximum atomic E-state index is 5.64. The monoisotopic (exact) mass is 223 g/mol. The van der Waals surface area contributed by atoms with Crippen molar-refractivity contribution < 1.29 is 9.68 Å². The zero-order chi connectivity index (χ0) is 12.1. The topological polar surface area (TPSA) is 21.7 Å². The van der Waals surface area contributed by atoms with Crippen LogP contribution >= 0.6 is 0 Å². The second-order valence-corrected chi connectivity index (χ2v) is 4.35. The highest BCUT2D eigenvalue weighted by Gasteiger charge is 2.13. The van der Waals surface area contributed by atoms with E-state index in [9.17, 15) is 0 Å². The van der Waals surface area contributed by atoms with Gasteiger partial charge < -0.3 is 0 Å². The molecule has 0 heterocycles. The Bertz CT molecular complexity index is 313. The van der Waals surface area contributed by atoms with E-state index in [1.54, 1.807) is 0 Å². The van der Waals surface area contributed by atoms with Crippen LogP contribution in [0.25, 0.3) is 0 Å². The molecule has 16 heavy (non-hydrogen) atoms. The van der Waals surface area contributed by atoms with Gasteiger partial charge in [-0.05, 0) is 46.2 Å². The number of para-hydroxylation sites is 1. The molecular formula is C13H21NO2. The minimum Gasteiger partial charge on any atom is -0.246 e. The Morgan fingerprint density at radius 3 is 1.88 bits per heavy atom. The molecule has 0 aromatic heterocycles. The highest BCUT2D eigenvalue weighted by atomic mass is 17.0. The molecular weight excluding hydrogens is 202 g/mol. The van der Waals surface area contributed by atoms with Gasteiger partial charge in [-0.25, -0.2) is 9.68 Å². The third kappa shape index (κ3) is 3.83. The van der Waals surface area contributed by atoms with Crippen LogP contribution in [0.15, 0.2) is 24.3 Å². The molecule has 0 spiro atoms. The number of hydrogen-bond acceptors (Lipinski definition) is 3. The second kappa shape index (κ2) is 5.87. The molecule has 0 aliphatic rings. The van der Waals surface area contributed by atoms with Crippen molar-refractivity contribution in [1.29, 1.82) is 0 Å². The van der Waals surface area contributed by atoms with Crippen molar-refractivity contribution in [3.05, 3.63) is 29.8 Å². The molecule has 0 fully saturated rings. The van der Waals surface area contributed by atoms with Crippen molar-refractivity contribution in [2.45, 2.75) is 46.8 Å². The molecule has 90 valence electrons. The van der Waals surface area contributed by atoms with E-state index < -0.39 is 0 Å².